The van der Waals surface area contributed by atoms with Crippen molar-refractivity contribution >= 4 is 17.4 Å². The van der Waals surface area contributed by atoms with Crippen LogP contribution in [0.1, 0.15) is 12.8 Å². The van der Waals surface area contributed by atoms with Crippen LogP contribution >= 0.6 is 0 Å². The number of carbonyl (C=O) groups excluding carboxylic acids is 2. The first-order valence-electron chi connectivity index (χ1n) is 6.39. The molecule has 0 aliphatic carbocycles. The van der Waals surface area contributed by atoms with Crippen molar-refractivity contribution in [2.45, 2.75) is 18.9 Å². The third kappa shape index (κ3) is 1.93. The van der Waals surface area contributed by atoms with E-state index in [1.807, 2.05) is 35.2 Å². The highest BCUT2D eigenvalue weighted by molar-refractivity contribution is 6.12. The average Bonchev–Trinajstić information content (AvgIpc) is 2.41. The maximum absolute atomic E-state index is 12.2. The molecular formula is C14H16N2O2. The van der Waals surface area contributed by atoms with Gasteiger partial charge in [0.1, 0.15) is 6.04 Å². The molecule has 1 unspecified atom stereocenters. The number of Topliss-reactive ketones (excluding diaryl/α,β-unsaturated/α-hetero) is 1. The highest BCUT2D eigenvalue weighted by Gasteiger charge is 2.44. The van der Waals surface area contributed by atoms with E-state index in [0.717, 1.165) is 31.6 Å². The number of carbonyl (C=O) groups is 2. The van der Waals surface area contributed by atoms with Gasteiger partial charge in [0.2, 0.25) is 5.91 Å². The SMILES string of the molecule is O=C(Nc1ccccc1)C1C(=O)C2CCN1CC2. The van der Waals surface area contributed by atoms with E-state index in [1.54, 1.807) is 0 Å². The summed E-state index contributed by atoms with van der Waals surface area (Å²) in [5, 5.41) is 2.83. The third-order valence-corrected chi connectivity index (χ3v) is 3.86. The fourth-order valence-corrected chi connectivity index (χ4v) is 2.87. The predicted molar refractivity (Wildman–Crippen MR) is 68.2 cm³/mol. The Bertz CT molecular complexity index is 464. The Kier molecular flexibility index (Phi) is 2.88. The number of nitrogens with zero attached hydrogens (tertiary/aromatic N) is 1. The van der Waals surface area contributed by atoms with E-state index in [0.29, 0.717) is 0 Å². The minimum absolute atomic E-state index is 0.0981. The summed E-state index contributed by atoms with van der Waals surface area (Å²) < 4.78 is 0. The molecule has 0 spiro atoms. The lowest BCUT2D eigenvalue weighted by Gasteiger charge is -2.42. The van der Waals surface area contributed by atoms with Gasteiger partial charge in [0, 0.05) is 24.7 Å². The van der Waals surface area contributed by atoms with Crippen LogP contribution in [0.2, 0.25) is 0 Å². The van der Waals surface area contributed by atoms with Crippen LogP contribution in [0, 0.1) is 5.92 Å². The number of amides is 1. The Morgan fingerprint density at radius 2 is 1.83 bits per heavy atom. The van der Waals surface area contributed by atoms with Crippen LogP contribution in [0.3, 0.4) is 0 Å². The molecule has 4 heteroatoms. The van der Waals surface area contributed by atoms with Crippen molar-refractivity contribution in [2.75, 3.05) is 18.4 Å². The first kappa shape index (κ1) is 11.4. The Morgan fingerprint density at radius 1 is 1.17 bits per heavy atom. The molecule has 1 N–H and O–H groups in total. The van der Waals surface area contributed by atoms with Crippen molar-refractivity contribution < 1.29 is 9.59 Å². The van der Waals surface area contributed by atoms with Crippen molar-refractivity contribution in [3.8, 4) is 0 Å². The standard InChI is InChI=1S/C14H16N2O2/c17-13-10-6-8-16(9-7-10)12(13)14(18)15-11-4-2-1-3-5-11/h1-5,10,12H,6-9H2,(H,15,18). The number of hydrogen-bond donors (Lipinski definition) is 1. The largest absolute Gasteiger partial charge is 0.324 e. The van der Waals surface area contributed by atoms with Crippen LogP contribution in [0.15, 0.2) is 30.3 Å². The van der Waals surface area contributed by atoms with Gasteiger partial charge in [-0.2, -0.15) is 0 Å². The smallest absolute Gasteiger partial charge is 0.249 e. The zero-order valence-electron chi connectivity index (χ0n) is 10.1. The second-order valence-electron chi connectivity index (χ2n) is 4.97. The quantitative estimate of drug-likeness (QED) is 0.797. The maximum Gasteiger partial charge on any atom is 0.249 e. The van der Waals surface area contributed by atoms with Gasteiger partial charge in [0.25, 0.3) is 0 Å². The fourth-order valence-electron chi connectivity index (χ4n) is 2.87. The number of para-hydroxylation sites is 1. The van der Waals surface area contributed by atoms with E-state index in [9.17, 15) is 9.59 Å². The van der Waals surface area contributed by atoms with Gasteiger partial charge in [0.05, 0.1) is 0 Å². The topological polar surface area (TPSA) is 49.4 Å². The molecule has 3 saturated heterocycles. The molecule has 2 bridgehead atoms. The summed E-state index contributed by atoms with van der Waals surface area (Å²) in [6.45, 7) is 1.73. The number of anilines is 1. The molecule has 0 saturated carbocycles. The minimum atomic E-state index is -0.572. The zero-order valence-corrected chi connectivity index (χ0v) is 10.1. The molecule has 1 atom stereocenters. The van der Waals surface area contributed by atoms with Crippen LogP contribution in [0.5, 0.6) is 0 Å². The van der Waals surface area contributed by atoms with Gasteiger partial charge in [-0.3, -0.25) is 14.5 Å². The van der Waals surface area contributed by atoms with Gasteiger partial charge < -0.3 is 5.32 Å². The first-order chi connectivity index (χ1) is 8.75. The van der Waals surface area contributed by atoms with Gasteiger partial charge in [-0.25, -0.2) is 0 Å². The number of rotatable bonds is 2. The number of piperidine rings is 3. The van der Waals surface area contributed by atoms with Crippen LogP contribution in [0.4, 0.5) is 5.69 Å². The maximum atomic E-state index is 12.2. The lowest BCUT2D eigenvalue weighted by molar-refractivity contribution is -0.143. The fraction of sp³-hybridized carbons (Fsp3) is 0.429. The van der Waals surface area contributed by atoms with E-state index in [4.69, 9.17) is 0 Å². The number of nitrogens with one attached hydrogen (secondary N) is 1. The number of fused-ring (bicyclic) bond motifs is 3. The van der Waals surface area contributed by atoms with E-state index in [-0.39, 0.29) is 17.6 Å². The van der Waals surface area contributed by atoms with E-state index >= 15 is 0 Å². The summed E-state index contributed by atoms with van der Waals surface area (Å²) in [6.07, 6.45) is 1.82. The van der Waals surface area contributed by atoms with Crippen molar-refractivity contribution in [3.63, 3.8) is 0 Å². The highest BCUT2D eigenvalue weighted by atomic mass is 16.2. The molecule has 4 nitrogen and oxygen atoms in total. The molecule has 3 aliphatic heterocycles. The van der Waals surface area contributed by atoms with Crippen molar-refractivity contribution in [1.82, 2.24) is 4.90 Å². The molecule has 94 valence electrons. The molecule has 3 fully saturated rings. The Labute approximate surface area is 106 Å². The normalized spacial score (nSPS) is 30.2. The summed E-state index contributed by atoms with van der Waals surface area (Å²) >= 11 is 0. The summed E-state index contributed by atoms with van der Waals surface area (Å²) in [6, 6.07) is 8.72. The van der Waals surface area contributed by atoms with Crippen LogP contribution in [0.25, 0.3) is 0 Å². The van der Waals surface area contributed by atoms with Gasteiger partial charge >= 0.3 is 0 Å². The summed E-state index contributed by atoms with van der Waals surface area (Å²) in [7, 11) is 0. The average molecular weight is 244 g/mol. The second-order valence-corrected chi connectivity index (χ2v) is 4.97. The molecule has 4 rings (SSSR count). The molecule has 0 radical (unpaired) electrons. The lowest BCUT2D eigenvalue weighted by atomic mass is 9.81. The van der Waals surface area contributed by atoms with Crippen LogP contribution < -0.4 is 5.32 Å². The van der Waals surface area contributed by atoms with Gasteiger partial charge in [-0.1, -0.05) is 18.2 Å². The highest BCUT2D eigenvalue weighted by Crippen LogP contribution is 2.29. The van der Waals surface area contributed by atoms with Crippen LogP contribution in [-0.2, 0) is 9.59 Å². The molecule has 3 aliphatic rings. The van der Waals surface area contributed by atoms with E-state index in [1.165, 1.54) is 0 Å². The van der Waals surface area contributed by atoms with Crippen molar-refractivity contribution in [2.24, 2.45) is 5.92 Å². The first-order valence-corrected chi connectivity index (χ1v) is 6.39. The monoisotopic (exact) mass is 244 g/mol. The Balaban J connectivity index is 1.75. The summed E-state index contributed by atoms with van der Waals surface area (Å²) in [5.74, 6) is 0.0121. The molecule has 0 aromatic heterocycles. The third-order valence-electron chi connectivity index (χ3n) is 3.86. The molecule has 18 heavy (non-hydrogen) atoms. The van der Waals surface area contributed by atoms with Gasteiger partial charge in [0.15, 0.2) is 5.78 Å². The van der Waals surface area contributed by atoms with E-state index in [2.05, 4.69) is 5.32 Å². The minimum Gasteiger partial charge on any atom is -0.324 e. The van der Waals surface area contributed by atoms with Crippen LogP contribution in [-0.4, -0.2) is 35.7 Å². The molecule has 1 amide bonds. The Morgan fingerprint density at radius 3 is 2.44 bits per heavy atom. The summed E-state index contributed by atoms with van der Waals surface area (Å²) in [5.41, 5.74) is 0.748. The zero-order chi connectivity index (χ0) is 12.5. The van der Waals surface area contributed by atoms with Gasteiger partial charge in [-0.15, -0.1) is 0 Å². The van der Waals surface area contributed by atoms with Crippen molar-refractivity contribution in [3.05, 3.63) is 30.3 Å². The van der Waals surface area contributed by atoms with E-state index < -0.39 is 6.04 Å². The molecule has 3 heterocycles. The second kappa shape index (κ2) is 4.53. The molecular weight excluding hydrogens is 228 g/mol. The predicted octanol–water partition coefficient (Wildman–Crippen LogP) is 1.29. The lowest BCUT2D eigenvalue weighted by Crippen LogP contribution is -2.60. The van der Waals surface area contributed by atoms with Crippen molar-refractivity contribution in [1.29, 1.82) is 0 Å². The number of benzene rings is 1. The van der Waals surface area contributed by atoms with Gasteiger partial charge in [-0.05, 0) is 25.0 Å². The Hall–Kier alpha value is -1.68. The number of ketones is 1. The summed E-state index contributed by atoms with van der Waals surface area (Å²) in [4.78, 5) is 26.3. The number of hydrogen-bond acceptors (Lipinski definition) is 3. The molecule has 1 aromatic rings. The molecule has 1 aromatic carbocycles.